The van der Waals surface area contributed by atoms with Crippen molar-refractivity contribution in [1.82, 2.24) is 4.90 Å². The van der Waals surface area contributed by atoms with Crippen LogP contribution in [0.15, 0.2) is 54.1 Å². The molecule has 1 aromatic rings. The third-order valence-electron chi connectivity index (χ3n) is 7.21. The number of hydrogen-bond donors (Lipinski definition) is 2. The molecule has 3 rings (SSSR count). The van der Waals surface area contributed by atoms with Gasteiger partial charge in [0.1, 0.15) is 18.5 Å². The second kappa shape index (κ2) is 12.6. The minimum Gasteiger partial charge on any atom is -0.491 e. The van der Waals surface area contributed by atoms with Crippen molar-refractivity contribution in [2.45, 2.75) is 90.5 Å². The fourth-order valence-corrected chi connectivity index (χ4v) is 5.73. The number of carbonyl (C=O) groups is 1. The van der Waals surface area contributed by atoms with E-state index < -0.39 is 6.10 Å². The van der Waals surface area contributed by atoms with Crippen molar-refractivity contribution in [3.05, 3.63) is 54.1 Å². The molecule has 188 valence electrons. The van der Waals surface area contributed by atoms with Gasteiger partial charge in [-0.05, 0) is 83.8 Å². The molecule has 0 bridgehead atoms. The summed E-state index contributed by atoms with van der Waals surface area (Å²) in [7, 11) is 0. The molecule has 1 amide bonds. The number of ether oxygens (including phenoxy) is 1. The summed E-state index contributed by atoms with van der Waals surface area (Å²) < 4.78 is 5.62. The molecule has 0 aliphatic heterocycles. The fraction of sp³-hybridized carbons (Fsp3) is 0.621. The maximum absolute atomic E-state index is 12.6. The summed E-state index contributed by atoms with van der Waals surface area (Å²) in [4.78, 5) is 14.5. The SMILES string of the molecule is CC(C)N(C(=O)CCCCC1=C[C@H]2C[C@@H](O)[C@H](C=C[C@@H](O)COc3ccccc3)[C@H]2C1)C(C)C. The van der Waals surface area contributed by atoms with Gasteiger partial charge in [0, 0.05) is 24.4 Å². The van der Waals surface area contributed by atoms with Crippen LogP contribution in [-0.4, -0.2) is 51.9 Å². The second-order valence-corrected chi connectivity index (χ2v) is 10.5. The molecule has 0 radical (unpaired) electrons. The van der Waals surface area contributed by atoms with Crippen LogP contribution in [0.5, 0.6) is 5.75 Å². The van der Waals surface area contributed by atoms with E-state index in [4.69, 9.17) is 4.74 Å². The first-order valence-electron chi connectivity index (χ1n) is 13.0. The van der Waals surface area contributed by atoms with E-state index in [0.29, 0.717) is 18.3 Å². The maximum atomic E-state index is 12.6. The van der Waals surface area contributed by atoms with Gasteiger partial charge in [0.05, 0.1) is 6.10 Å². The lowest BCUT2D eigenvalue weighted by atomic mass is 9.88. The van der Waals surface area contributed by atoms with Gasteiger partial charge in [0.25, 0.3) is 0 Å². The minimum absolute atomic E-state index is 0.0670. The summed E-state index contributed by atoms with van der Waals surface area (Å²) in [6.45, 7) is 8.51. The van der Waals surface area contributed by atoms with Crippen LogP contribution < -0.4 is 4.74 Å². The Bertz CT molecular complexity index is 824. The molecule has 2 aliphatic rings. The van der Waals surface area contributed by atoms with E-state index in [1.165, 1.54) is 5.57 Å². The van der Waals surface area contributed by atoms with E-state index in [1.54, 1.807) is 6.08 Å². The highest BCUT2D eigenvalue weighted by atomic mass is 16.5. The first kappa shape index (κ1) is 26.5. The normalized spacial score (nSPS) is 25.1. The number of nitrogens with zero attached hydrogens (tertiary/aromatic N) is 1. The molecule has 5 nitrogen and oxygen atoms in total. The summed E-state index contributed by atoms with van der Waals surface area (Å²) in [5.41, 5.74) is 1.46. The predicted octanol–water partition coefficient (Wildman–Crippen LogP) is 5.13. The number of aliphatic hydroxyl groups excluding tert-OH is 2. The Labute approximate surface area is 205 Å². The highest BCUT2D eigenvalue weighted by Crippen LogP contribution is 2.48. The number of rotatable bonds is 12. The van der Waals surface area contributed by atoms with Crippen molar-refractivity contribution in [1.29, 1.82) is 0 Å². The Balaban J connectivity index is 1.42. The number of carbonyl (C=O) groups excluding carboxylic acids is 1. The highest BCUT2D eigenvalue weighted by molar-refractivity contribution is 5.76. The summed E-state index contributed by atoms with van der Waals surface area (Å²) in [5, 5.41) is 20.9. The third-order valence-corrected chi connectivity index (χ3v) is 7.21. The third kappa shape index (κ3) is 7.19. The van der Waals surface area contributed by atoms with Crippen molar-refractivity contribution >= 4 is 5.91 Å². The number of benzene rings is 1. The topological polar surface area (TPSA) is 70.0 Å². The van der Waals surface area contributed by atoms with Gasteiger partial charge in [-0.2, -0.15) is 0 Å². The molecule has 34 heavy (non-hydrogen) atoms. The fourth-order valence-electron chi connectivity index (χ4n) is 5.73. The first-order valence-corrected chi connectivity index (χ1v) is 13.0. The van der Waals surface area contributed by atoms with Crippen LogP contribution >= 0.6 is 0 Å². The number of para-hydroxylation sites is 1. The van der Waals surface area contributed by atoms with E-state index in [1.807, 2.05) is 41.3 Å². The molecule has 1 saturated carbocycles. The number of aliphatic hydroxyl groups is 2. The quantitative estimate of drug-likeness (QED) is 0.329. The Morgan fingerprint density at radius 1 is 1.15 bits per heavy atom. The van der Waals surface area contributed by atoms with Gasteiger partial charge in [-0.3, -0.25) is 4.79 Å². The van der Waals surface area contributed by atoms with Crippen LogP contribution in [0.2, 0.25) is 0 Å². The summed E-state index contributed by atoms with van der Waals surface area (Å²) in [5.74, 6) is 1.88. The van der Waals surface area contributed by atoms with Gasteiger partial charge >= 0.3 is 0 Å². The maximum Gasteiger partial charge on any atom is 0.223 e. The largest absolute Gasteiger partial charge is 0.491 e. The average Bonchev–Trinajstić information content (AvgIpc) is 3.30. The minimum atomic E-state index is -0.700. The lowest BCUT2D eigenvalue weighted by Crippen LogP contribution is -2.41. The van der Waals surface area contributed by atoms with Gasteiger partial charge in [-0.25, -0.2) is 0 Å². The molecule has 1 aromatic carbocycles. The second-order valence-electron chi connectivity index (χ2n) is 10.5. The standard InChI is InChI=1S/C29H43NO4/c1-20(2)30(21(3)4)29(33)13-9-8-10-22-16-23-18-28(32)26(27(23)17-22)15-14-24(31)19-34-25-11-6-5-7-12-25/h5-7,11-12,14-16,20-21,23-24,26-28,31-32H,8-10,13,17-19H2,1-4H3/t23-,24+,26+,27-,28+/m0/s1. The van der Waals surface area contributed by atoms with Gasteiger partial charge in [-0.1, -0.05) is 42.0 Å². The van der Waals surface area contributed by atoms with E-state index >= 15 is 0 Å². The van der Waals surface area contributed by atoms with Crippen molar-refractivity contribution in [3.8, 4) is 5.75 Å². The van der Waals surface area contributed by atoms with Crippen LogP contribution in [0.3, 0.4) is 0 Å². The number of unbranched alkanes of at least 4 members (excludes halogenated alkanes) is 1. The van der Waals surface area contributed by atoms with E-state index in [-0.39, 0.29) is 36.6 Å². The molecular formula is C29H43NO4. The van der Waals surface area contributed by atoms with Crippen LogP contribution in [0, 0.1) is 17.8 Å². The van der Waals surface area contributed by atoms with E-state index in [9.17, 15) is 15.0 Å². The van der Waals surface area contributed by atoms with Crippen molar-refractivity contribution in [2.24, 2.45) is 17.8 Å². The summed E-state index contributed by atoms with van der Waals surface area (Å²) in [6.07, 6.45) is 10.5. The molecule has 2 aliphatic carbocycles. The zero-order valence-electron chi connectivity index (χ0n) is 21.3. The van der Waals surface area contributed by atoms with Gasteiger partial charge in [-0.15, -0.1) is 0 Å². The predicted molar refractivity (Wildman–Crippen MR) is 136 cm³/mol. The number of allylic oxidation sites excluding steroid dienone is 2. The Morgan fingerprint density at radius 3 is 2.53 bits per heavy atom. The molecule has 0 heterocycles. The van der Waals surface area contributed by atoms with Crippen LogP contribution in [0.1, 0.15) is 66.2 Å². The number of fused-ring (bicyclic) bond motifs is 1. The molecule has 0 spiro atoms. The van der Waals surface area contributed by atoms with Crippen molar-refractivity contribution in [3.63, 3.8) is 0 Å². The first-order chi connectivity index (χ1) is 16.3. The Morgan fingerprint density at radius 2 is 1.85 bits per heavy atom. The van der Waals surface area contributed by atoms with Crippen LogP contribution in [0.4, 0.5) is 0 Å². The number of hydrogen-bond acceptors (Lipinski definition) is 4. The highest BCUT2D eigenvalue weighted by Gasteiger charge is 2.43. The molecular weight excluding hydrogens is 426 g/mol. The zero-order valence-corrected chi connectivity index (χ0v) is 21.3. The molecule has 0 unspecified atom stereocenters. The van der Waals surface area contributed by atoms with E-state index in [2.05, 4.69) is 33.8 Å². The summed E-state index contributed by atoms with van der Waals surface area (Å²) >= 11 is 0. The van der Waals surface area contributed by atoms with Crippen LogP contribution in [-0.2, 0) is 4.79 Å². The van der Waals surface area contributed by atoms with Gasteiger partial charge in [0.15, 0.2) is 0 Å². The zero-order chi connectivity index (χ0) is 24.7. The van der Waals surface area contributed by atoms with Crippen molar-refractivity contribution in [2.75, 3.05) is 6.61 Å². The van der Waals surface area contributed by atoms with Gasteiger partial charge < -0.3 is 19.8 Å². The molecule has 2 N–H and O–H groups in total. The lowest BCUT2D eigenvalue weighted by molar-refractivity contribution is -0.134. The molecule has 5 atom stereocenters. The smallest absolute Gasteiger partial charge is 0.223 e. The lowest BCUT2D eigenvalue weighted by Gasteiger charge is -2.30. The van der Waals surface area contributed by atoms with Gasteiger partial charge in [0.2, 0.25) is 5.91 Å². The van der Waals surface area contributed by atoms with E-state index in [0.717, 1.165) is 37.9 Å². The molecule has 5 heteroatoms. The Kier molecular flexibility index (Phi) is 9.78. The molecule has 1 fully saturated rings. The average molecular weight is 470 g/mol. The Hall–Kier alpha value is -2.11. The summed E-state index contributed by atoms with van der Waals surface area (Å²) in [6, 6.07) is 9.95. The van der Waals surface area contributed by atoms with Crippen LogP contribution in [0.25, 0.3) is 0 Å². The monoisotopic (exact) mass is 469 g/mol. The molecule has 0 saturated heterocycles. The molecule has 0 aromatic heterocycles. The number of amides is 1. The van der Waals surface area contributed by atoms with Crippen molar-refractivity contribution < 1.29 is 19.7 Å².